The molecule has 1 rings (SSSR count). The molecule has 16 heavy (non-hydrogen) atoms. The van der Waals surface area contributed by atoms with Crippen LogP contribution in [0.15, 0.2) is 0 Å². The summed E-state index contributed by atoms with van der Waals surface area (Å²) in [6, 6.07) is 0. The smallest absolute Gasteiger partial charge is 0.308 e. The number of thioether (sulfide) groups is 2. The van der Waals surface area contributed by atoms with Crippen molar-refractivity contribution in [3.63, 3.8) is 0 Å². The first-order valence-electron chi connectivity index (χ1n) is 5.26. The molecule has 1 heterocycles. The summed E-state index contributed by atoms with van der Waals surface area (Å²) >= 11 is 3.86. The fraction of sp³-hybridized carbons (Fsp3) is 0.727. The Balaban J connectivity index is 2.11. The molecule has 0 aromatic heterocycles. The Morgan fingerprint density at radius 2 is 2.06 bits per heavy atom. The van der Waals surface area contributed by atoms with Crippen molar-refractivity contribution >= 4 is 29.5 Å². The van der Waals surface area contributed by atoms with Gasteiger partial charge in [0.05, 0.1) is 6.42 Å². The summed E-state index contributed by atoms with van der Waals surface area (Å²) in [4.78, 5) is 13.6. The summed E-state index contributed by atoms with van der Waals surface area (Å²) in [5.74, 6) is 9.71. The van der Waals surface area contributed by atoms with Gasteiger partial charge >= 0.3 is 5.97 Å². The van der Waals surface area contributed by atoms with Gasteiger partial charge in [-0.1, -0.05) is 5.92 Å². The van der Waals surface area contributed by atoms with Crippen LogP contribution in [0.2, 0.25) is 0 Å². The van der Waals surface area contributed by atoms with Crippen molar-refractivity contribution < 1.29 is 9.53 Å². The third-order valence-electron chi connectivity index (χ3n) is 2.03. The first-order valence-corrected chi connectivity index (χ1v) is 7.57. The van der Waals surface area contributed by atoms with Crippen molar-refractivity contribution in [1.29, 1.82) is 0 Å². The van der Waals surface area contributed by atoms with E-state index in [4.69, 9.17) is 4.74 Å². The summed E-state index contributed by atoms with van der Waals surface area (Å²) in [5, 5.41) is 0. The molecule has 0 bridgehead atoms. The number of hydrogen-bond acceptors (Lipinski definition) is 5. The molecule has 5 heteroatoms. The Kier molecular flexibility index (Phi) is 7.56. The standard InChI is InChI=1S/C11H17NO2S2/c1-2-3-6-14-11(13)4-5-12-9-15-7-8-16-10-12/h4-10H2,1H3. The number of rotatable bonds is 4. The van der Waals surface area contributed by atoms with Gasteiger partial charge in [-0.3, -0.25) is 9.69 Å². The number of carbonyl (C=O) groups excluding carboxylic acids is 1. The lowest BCUT2D eigenvalue weighted by atomic mass is 10.4. The lowest BCUT2D eigenvalue weighted by Gasteiger charge is -2.17. The molecule has 0 aromatic carbocycles. The van der Waals surface area contributed by atoms with Gasteiger partial charge in [-0.25, -0.2) is 0 Å². The first-order chi connectivity index (χ1) is 7.83. The number of nitrogens with zero attached hydrogens (tertiary/aromatic N) is 1. The minimum Gasteiger partial charge on any atom is -0.452 e. The van der Waals surface area contributed by atoms with Gasteiger partial charge < -0.3 is 4.74 Å². The zero-order valence-electron chi connectivity index (χ0n) is 9.53. The van der Waals surface area contributed by atoms with Gasteiger partial charge in [-0.05, 0) is 6.92 Å². The Bertz CT molecular complexity index is 265. The molecule has 0 unspecified atom stereocenters. The van der Waals surface area contributed by atoms with Gasteiger partial charge in [0.1, 0.15) is 0 Å². The van der Waals surface area contributed by atoms with Crippen LogP contribution in [0.25, 0.3) is 0 Å². The van der Waals surface area contributed by atoms with Crippen molar-refractivity contribution in [2.45, 2.75) is 13.3 Å². The molecule has 0 N–H and O–H groups in total. The van der Waals surface area contributed by atoms with Crippen LogP contribution in [0.4, 0.5) is 0 Å². The Hall–Kier alpha value is -0.310. The van der Waals surface area contributed by atoms with E-state index in [9.17, 15) is 4.79 Å². The highest BCUT2D eigenvalue weighted by Crippen LogP contribution is 2.16. The summed E-state index contributed by atoms with van der Waals surface area (Å²) in [6.45, 7) is 2.75. The SMILES string of the molecule is CC#CCOC(=O)CCN1CSCCSC1. The number of esters is 1. The summed E-state index contributed by atoms with van der Waals surface area (Å²) in [5.41, 5.74) is 0. The average molecular weight is 259 g/mol. The van der Waals surface area contributed by atoms with Crippen LogP contribution in [0.5, 0.6) is 0 Å². The molecule has 0 saturated carbocycles. The second kappa shape index (κ2) is 8.80. The summed E-state index contributed by atoms with van der Waals surface area (Å²) in [6.07, 6.45) is 0.465. The Morgan fingerprint density at radius 3 is 2.69 bits per heavy atom. The minimum atomic E-state index is -0.151. The molecule has 0 aromatic rings. The molecule has 0 radical (unpaired) electrons. The van der Waals surface area contributed by atoms with E-state index < -0.39 is 0 Å². The van der Waals surface area contributed by atoms with Crippen LogP contribution in [-0.2, 0) is 9.53 Å². The Morgan fingerprint density at radius 1 is 1.38 bits per heavy atom. The topological polar surface area (TPSA) is 29.5 Å². The fourth-order valence-corrected chi connectivity index (χ4v) is 3.46. The molecule has 1 saturated heterocycles. The lowest BCUT2D eigenvalue weighted by molar-refractivity contribution is -0.142. The molecule has 0 atom stereocenters. The molecule has 0 spiro atoms. The van der Waals surface area contributed by atoms with Gasteiger partial charge in [-0.15, -0.1) is 29.4 Å². The van der Waals surface area contributed by atoms with Crippen molar-refractivity contribution in [1.82, 2.24) is 4.90 Å². The predicted octanol–water partition coefficient (Wildman–Crippen LogP) is 1.64. The summed E-state index contributed by atoms with van der Waals surface area (Å²) in [7, 11) is 0. The summed E-state index contributed by atoms with van der Waals surface area (Å²) < 4.78 is 4.95. The van der Waals surface area contributed by atoms with Crippen LogP contribution in [-0.4, -0.2) is 47.3 Å². The Labute approximate surface area is 106 Å². The van der Waals surface area contributed by atoms with Crippen LogP contribution in [0.1, 0.15) is 13.3 Å². The molecule has 1 fully saturated rings. The van der Waals surface area contributed by atoms with Crippen molar-refractivity contribution in [2.24, 2.45) is 0 Å². The normalized spacial score (nSPS) is 17.1. The third kappa shape index (κ3) is 6.31. The lowest BCUT2D eigenvalue weighted by Crippen LogP contribution is -2.25. The molecule has 90 valence electrons. The highest BCUT2D eigenvalue weighted by molar-refractivity contribution is 8.03. The maximum absolute atomic E-state index is 11.3. The highest BCUT2D eigenvalue weighted by Gasteiger charge is 2.11. The molecule has 1 aliphatic rings. The number of ether oxygens (including phenoxy) is 1. The van der Waals surface area contributed by atoms with Crippen LogP contribution in [0, 0.1) is 11.8 Å². The maximum Gasteiger partial charge on any atom is 0.308 e. The van der Waals surface area contributed by atoms with E-state index in [1.807, 2.05) is 23.5 Å². The molecule has 1 aliphatic heterocycles. The zero-order valence-corrected chi connectivity index (χ0v) is 11.2. The highest BCUT2D eigenvalue weighted by atomic mass is 32.2. The third-order valence-corrected chi connectivity index (χ3v) is 4.37. The zero-order chi connectivity index (χ0) is 11.6. The minimum absolute atomic E-state index is 0.151. The van der Waals surface area contributed by atoms with E-state index in [2.05, 4.69) is 16.7 Å². The van der Waals surface area contributed by atoms with Gasteiger partial charge in [0.2, 0.25) is 0 Å². The van der Waals surface area contributed by atoms with E-state index in [0.717, 1.165) is 18.3 Å². The van der Waals surface area contributed by atoms with Crippen LogP contribution >= 0.6 is 23.5 Å². The molecular weight excluding hydrogens is 242 g/mol. The van der Waals surface area contributed by atoms with Gasteiger partial charge in [-0.2, -0.15) is 0 Å². The maximum atomic E-state index is 11.3. The predicted molar refractivity (Wildman–Crippen MR) is 70.4 cm³/mol. The number of hydrogen-bond donors (Lipinski definition) is 0. The monoisotopic (exact) mass is 259 g/mol. The largest absolute Gasteiger partial charge is 0.452 e. The second-order valence-corrected chi connectivity index (χ2v) is 5.46. The second-order valence-electron chi connectivity index (χ2n) is 3.31. The van der Waals surface area contributed by atoms with Crippen molar-refractivity contribution in [3.8, 4) is 11.8 Å². The van der Waals surface area contributed by atoms with Crippen LogP contribution in [0.3, 0.4) is 0 Å². The van der Waals surface area contributed by atoms with E-state index in [1.54, 1.807) is 6.92 Å². The van der Waals surface area contributed by atoms with Gasteiger partial charge in [0.25, 0.3) is 0 Å². The quantitative estimate of drug-likeness (QED) is 0.565. The van der Waals surface area contributed by atoms with E-state index in [1.165, 1.54) is 11.5 Å². The molecule has 3 nitrogen and oxygen atoms in total. The van der Waals surface area contributed by atoms with E-state index in [-0.39, 0.29) is 12.6 Å². The fourth-order valence-electron chi connectivity index (χ4n) is 1.18. The van der Waals surface area contributed by atoms with Crippen molar-refractivity contribution in [2.75, 3.05) is 36.4 Å². The van der Waals surface area contributed by atoms with Crippen molar-refractivity contribution in [3.05, 3.63) is 0 Å². The van der Waals surface area contributed by atoms with Crippen LogP contribution < -0.4 is 0 Å². The van der Waals surface area contributed by atoms with E-state index in [0.29, 0.717) is 6.42 Å². The first kappa shape index (κ1) is 13.8. The van der Waals surface area contributed by atoms with Gasteiger partial charge in [0.15, 0.2) is 6.61 Å². The van der Waals surface area contributed by atoms with E-state index >= 15 is 0 Å². The molecule has 0 amide bonds. The molecule has 0 aliphatic carbocycles. The van der Waals surface area contributed by atoms with Gasteiger partial charge in [0, 0.05) is 29.8 Å². The molecular formula is C11H17NO2S2. The number of carbonyl (C=O) groups is 1. The average Bonchev–Trinajstić information content (AvgIpc) is 2.55.